The number of benzene rings is 4. The highest BCUT2D eigenvalue weighted by Crippen LogP contribution is 2.38. The summed E-state index contributed by atoms with van der Waals surface area (Å²) in [6, 6.07) is 30.7. The molecule has 2 aliphatic carbocycles. The Morgan fingerprint density at radius 3 is 1.70 bits per heavy atom. The van der Waals surface area contributed by atoms with E-state index in [1.807, 2.05) is 107 Å². The summed E-state index contributed by atoms with van der Waals surface area (Å²) in [7, 11) is 1.74. The summed E-state index contributed by atoms with van der Waals surface area (Å²) in [6.07, 6.45) is 3.54. The van der Waals surface area contributed by atoms with E-state index in [9.17, 15) is 19.2 Å². The monoisotopic (exact) mass is 802 g/mol. The molecule has 2 aliphatic rings. The molecule has 0 spiro atoms. The number of hydrogen-bond donors (Lipinski definition) is 0. The topological polar surface area (TPSA) is 93.9 Å². The number of halogens is 2. The van der Waals surface area contributed by atoms with E-state index < -0.39 is 11.9 Å². The summed E-state index contributed by atoms with van der Waals surface area (Å²) < 4.78 is 9.43. The Bertz CT molecular complexity index is 2540. The summed E-state index contributed by atoms with van der Waals surface area (Å²) >= 11 is 12.4. The van der Waals surface area contributed by atoms with Crippen LogP contribution in [0.25, 0.3) is 21.8 Å². The number of para-hydroxylation sites is 3. The zero-order valence-electron chi connectivity index (χ0n) is 32.2. The number of anilines is 2. The third-order valence-corrected chi connectivity index (χ3v) is 12.4. The molecule has 2 heterocycles. The summed E-state index contributed by atoms with van der Waals surface area (Å²) in [5, 5.41) is 2.79. The first kappa shape index (κ1) is 38.5. The predicted molar refractivity (Wildman–Crippen MR) is 225 cm³/mol. The minimum atomic E-state index is -0.646. The Morgan fingerprint density at radius 1 is 0.667 bits per heavy atom. The highest BCUT2D eigenvalue weighted by atomic mass is 35.5. The van der Waals surface area contributed by atoms with Crippen LogP contribution >= 0.6 is 23.2 Å². The van der Waals surface area contributed by atoms with Crippen LogP contribution in [0.4, 0.5) is 11.4 Å². The van der Waals surface area contributed by atoms with Gasteiger partial charge < -0.3 is 23.7 Å². The molecule has 2 amide bonds. The van der Waals surface area contributed by atoms with Gasteiger partial charge in [-0.2, -0.15) is 0 Å². The van der Waals surface area contributed by atoms with E-state index in [0.29, 0.717) is 54.3 Å². The molecule has 4 aromatic carbocycles. The van der Waals surface area contributed by atoms with Crippen LogP contribution in [0.3, 0.4) is 0 Å². The average molecular weight is 804 g/mol. The summed E-state index contributed by atoms with van der Waals surface area (Å²) in [4.78, 5) is 58.4. The molecule has 0 bridgehead atoms. The number of carbonyl (C=O) groups excluding carboxylic acids is 4. The van der Waals surface area contributed by atoms with Gasteiger partial charge in [-0.3, -0.25) is 9.59 Å². The normalized spacial score (nSPS) is 16.3. The van der Waals surface area contributed by atoms with Crippen LogP contribution in [-0.4, -0.2) is 46.0 Å². The molecule has 11 heteroatoms. The fraction of sp³-hybridized carbons (Fsp3) is 0.304. The Labute approximate surface area is 341 Å². The Balaban J connectivity index is 0.979. The minimum absolute atomic E-state index is 0.000614. The van der Waals surface area contributed by atoms with Gasteiger partial charge in [0.05, 0.1) is 10.0 Å². The van der Waals surface area contributed by atoms with E-state index in [2.05, 4.69) is 0 Å². The molecule has 9 nitrogen and oxygen atoms in total. The smallest absolute Gasteiger partial charge is 0.333 e. The quantitative estimate of drug-likeness (QED) is 0.108. The number of esters is 2. The molecule has 0 saturated heterocycles. The molecule has 2 atom stereocenters. The molecule has 0 N–H and O–H groups in total. The van der Waals surface area contributed by atoms with E-state index in [0.717, 1.165) is 50.0 Å². The molecule has 2 unspecified atom stereocenters. The lowest BCUT2D eigenvalue weighted by atomic mass is 9.85. The van der Waals surface area contributed by atoms with Crippen LogP contribution in [0.1, 0.15) is 49.2 Å². The zero-order chi connectivity index (χ0) is 40.0. The lowest BCUT2D eigenvalue weighted by molar-refractivity contribution is -0.160. The third-order valence-electron chi connectivity index (χ3n) is 11.7. The van der Waals surface area contributed by atoms with E-state index in [-0.39, 0.29) is 42.8 Å². The van der Waals surface area contributed by atoms with E-state index in [4.69, 9.17) is 27.9 Å². The van der Waals surface area contributed by atoms with Gasteiger partial charge in [0.1, 0.15) is 13.1 Å². The van der Waals surface area contributed by atoms with Crippen molar-refractivity contribution in [1.82, 2.24) is 9.13 Å². The molecule has 0 aliphatic heterocycles. The van der Waals surface area contributed by atoms with Gasteiger partial charge in [-0.25, -0.2) is 9.59 Å². The van der Waals surface area contributed by atoms with Gasteiger partial charge in [0.15, 0.2) is 0 Å². The van der Waals surface area contributed by atoms with Crippen LogP contribution in [0, 0.1) is 11.8 Å². The first-order valence-corrected chi connectivity index (χ1v) is 20.3. The van der Waals surface area contributed by atoms with Crippen LogP contribution in [0.5, 0.6) is 0 Å². The van der Waals surface area contributed by atoms with Gasteiger partial charge in [-0.15, -0.1) is 0 Å². The van der Waals surface area contributed by atoms with Crippen LogP contribution in [0.2, 0.25) is 10.0 Å². The maximum Gasteiger partial charge on any atom is 0.333 e. The van der Waals surface area contributed by atoms with E-state index in [1.54, 1.807) is 30.1 Å². The van der Waals surface area contributed by atoms with Crippen molar-refractivity contribution in [2.45, 2.75) is 71.5 Å². The summed E-state index contributed by atoms with van der Waals surface area (Å²) in [5.41, 5.74) is 7.35. The van der Waals surface area contributed by atoms with Crippen LogP contribution < -0.4 is 9.80 Å². The molecular weight excluding hydrogens is 759 g/mol. The van der Waals surface area contributed by atoms with Crippen LogP contribution in [-0.2, 0) is 62.7 Å². The highest BCUT2D eigenvalue weighted by Gasteiger charge is 2.35. The molecule has 0 fully saturated rings. The first-order chi connectivity index (χ1) is 27.5. The number of ether oxygens (including phenoxy) is 1. The molecule has 57 heavy (non-hydrogen) atoms. The van der Waals surface area contributed by atoms with Crippen molar-refractivity contribution >= 4 is 80.1 Å². The number of aromatic nitrogens is 2. The number of carbonyl (C=O) groups is 4. The zero-order valence-corrected chi connectivity index (χ0v) is 33.7. The highest BCUT2D eigenvalue weighted by molar-refractivity contribution is 6.42. The molecular formula is C46H44Cl2N4O5. The van der Waals surface area contributed by atoms with E-state index >= 15 is 0 Å². The van der Waals surface area contributed by atoms with Gasteiger partial charge in [0.2, 0.25) is 11.8 Å². The van der Waals surface area contributed by atoms with Crippen molar-refractivity contribution in [2.75, 3.05) is 16.8 Å². The predicted octanol–water partition coefficient (Wildman–Crippen LogP) is 8.99. The lowest BCUT2D eigenvalue weighted by Crippen LogP contribution is -2.42. The fourth-order valence-electron chi connectivity index (χ4n) is 8.99. The number of amides is 2. The number of rotatable bonds is 9. The minimum Gasteiger partial charge on any atom is -0.390 e. The maximum atomic E-state index is 14.0. The standard InChI is InChI=1S/C46H44Cl2N4O5/c1-28(2)52(31-11-5-4-6-12-31)46(56)30-18-22-42-36(24-30)34-14-8-10-16-40(34)51(42)27-44(54)57-43(53)26-50-39-15-9-7-13-33(39)35-23-29(17-21-41(35)50)45(55)49(3)32-19-20-37(47)38(48)25-32/h4-16,19-20,25,28-30H,17-18,21-24,26-27H2,1-3H3. The lowest BCUT2D eigenvalue weighted by Gasteiger charge is -2.32. The van der Waals surface area contributed by atoms with Crippen molar-refractivity contribution in [2.24, 2.45) is 11.8 Å². The SMILES string of the molecule is CC(C)N(C(=O)C1CCc2c(c3ccccc3n2CC(=O)OC(=O)Cn2c3c(c4ccccc42)CC(C(=O)N(C)c2ccc(Cl)c(Cl)c2)CC3)C1)c1ccccc1. The molecule has 0 radical (unpaired) electrons. The van der Waals surface area contributed by atoms with Crippen molar-refractivity contribution < 1.29 is 23.9 Å². The number of hydrogen-bond acceptors (Lipinski definition) is 5. The van der Waals surface area contributed by atoms with Crippen molar-refractivity contribution in [3.8, 4) is 0 Å². The van der Waals surface area contributed by atoms with Gasteiger partial charge >= 0.3 is 11.9 Å². The summed E-state index contributed by atoms with van der Waals surface area (Å²) in [6.45, 7) is 3.81. The van der Waals surface area contributed by atoms with Crippen molar-refractivity contribution in [3.63, 3.8) is 0 Å². The van der Waals surface area contributed by atoms with Crippen molar-refractivity contribution in [1.29, 1.82) is 0 Å². The largest absolute Gasteiger partial charge is 0.390 e. The Kier molecular flexibility index (Phi) is 10.7. The molecule has 292 valence electrons. The molecule has 8 rings (SSSR count). The second kappa shape index (κ2) is 15.9. The van der Waals surface area contributed by atoms with Gasteiger partial charge in [-0.05, 0) is 106 Å². The average Bonchev–Trinajstić information content (AvgIpc) is 3.69. The number of nitrogens with zero attached hydrogens (tertiary/aromatic N) is 4. The fourth-order valence-corrected chi connectivity index (χ4v) is 9.29. The van der Waals surface area contributed by atoms with Gasteiger partial charge in [-0.1, -0.05) is 77.8 Å². The Hall–Kier alpha value is -5.38. The maximum absolute atomic E-state index is 14.0. The second-order valence-corrected chi connectivity index (χ2v) is 16.2. The summed E-state index contributed by atoms with van der Waals surface area (Å²) in [5.74, 6) is -1.68. The second-order valence-electron chi connectivity index (χ2n) is 15.4. The van der Waals surface area contributed by atoms with Crippen molar-refractivity contribution in [3.05, 3.63) is 130 Å². The van der Waals surface area contributed by atoms with Gasteiger partial charge in [0, 0.05) is 69.5 Å². The first-order valence-electron chi connectivity index (χ1n) is 19.5. The molecule has 0 saturated carbocycles. The third kappa shape index (κ3) is 7.35. The molecule has 2 aromatic heterocycles. The van der Waals surface area contributed by atoms with E-state index in [1.165, 1.54) is 0 Å². The molecule has 6 aromatic rings. The Morgan fingerprint density at radius 2 is 1.18 bits per heavy atom. The van der Waals surface area contributed by atoms with Crippen LogP contribution in [0.15, 0.2) is 97.1 Å². The number of fused-ring (bicyclic) bond motifs is 6. The van der Waals surface area contributed by atoms with Gasteiger partial charge in [0.25, 0.3) is 0 Å².